The number of carbonyl (C=O) groups is 1. The predicted molar refractivity (Wildman–Crippen MR) is 83.4 cm³/mol. The van der Waals surface area contributed by atoms with Crippen LogP contribution in [0.4, 0.5) is 0 Å². The molecule has 104 valence electrons. The largest absolute Gasteiger partial charge is 0.354 e. The van der Waals surface area contributed by atoms with E-state index in [-0.39, 0.29) is 5.91 Å². The molecule has 4 nitrogen and oxygen atoms in total. The normalized spacial score (nSPS) is 10.6. The SMILES string of the molecule is CNC(=O)c1cc(-c2ccncc2)c2cc(Cl)ccc2n1. The van der Waals surface area contributed by atoms with Gasteiger partial charge in [-0.1, -0.05) is 11.6 Å². The molecule has 5 heteroatoms. The number of hydrogen-bond donors (Lipinski definition) is 1. The maximum absolute atomic E-state index is 11.9. The first-order chi connectivity index (χ1) is 10.2. The Labute approximate surface area is 126 Å². The predicted octanol–water partition coefficient (Wildman–Crippen LogP) is 3.31. The molecule has 1 aromatic carbocycles. The van der Waals surface area contributed by atoms with Crippen LogP contribution in [0.1, 0.15) is 10.5 Å². The lowest BCUT2D eigenvalue weighted by atomic mass is 10.0. The highest BCUT2D eigenvalue weighted by atomic mass is 35.5. The van der Waals surface area contributed by atoms with Crippen molar-refractivity contribution in [3.63, 3.8) is 0 Å². The molecular weight excluding hydrogens is 286 g/mol. The molecule has 0 aliphatic carbocycles. The van der Waals surface area contributed by atoms with Crippen LogP contribution in [0, 0.1) is 0 Å². The van der Waals surface area contributed by atoms with E-state index in [4.69, 9.17) is 11.6 Å². The van der Waals surface area contributed by atoms with Crippen LogP contribution in [0.3, 0.4) is 0 Å². The minimum Gasteiger partial charge on any atom is -0.354 e. The van der Waals surface area contributed by atoms with E-state index < -0.39 is 0 Å². The van der Waals surface area contributed by atoms with E-state index in [9.17, 15) is 4.79 Å². The molecule has 21 heavy (non-hydrogen) atoms. The number of hydrogen-bond acceptors (Lipinski definition) is 3. The van der Waals surface area contributed by atoms with Crippen LogP contribution in [0.2, 0.25) is 5.02 Å². The summed E-state index contributed by atoms with van der Waals surface area (Å²) in [6.07, 6.45) is 3.43. The Balaban J connectivity index is 2.33. The highest BCUT2D eigenvalue weighted by Gasteiger charge is 2.12. The lowest BCUT2D eigenvalue weighted by molar-refractivity contribution is 0.0958. The van der Waals surface area contributed by atoms with Gasteiger partial charge in [0, 0.05) is 29.9 Å². The fraction of sp³-hybridized carbons (Fsp3) is 0.0625. The van der Waals surface area contributed by atoms with Gasteiger partial charge in [0.05, 0.1) is 5.52 Å². The Hall–Kier alpha value is -2.46. The Morgan fingerprint density at radius 3 is 2.62 bits per heavy atom. The molecule has 0 spiro atoms. The van der Waals surface area contributed by atoms with Crippen molar-refractivity contribution in [2.75, 3.05) is 7.05 Å². The van der Waals surface area contributed by atoms with Gasteiger partial charge in [0.25, 0.3) is 5.91 Å². The average Bonchev–Trinajstić information content (AvgIpc) is 2.54. The van der Waals surface area contributed by atoms with Crippen LogP contribution in [0.5, 0.6) is 0 Å². The van der Waals surface area contributed by atoms with E-state index >= 15 is 0 Å². The smallest absolute Gasteiger partial charge is 0.269 e. The van der Waals surface area contributed by atoms with Gasteiger partial charge in [-0.2, -0.15) is 0 Å². The number of fused-ring (bicyclic) bond motifs is 1. The maximum Gasteiger partial charge on any atom is 0.269 e. The molecule has 0 bridgehead atoms. The summed E-state index contributed by atoms with van der Waals surface area (Å²) in [5, 5.41) is 4.13. The van der Waals surface area contributed by atoms with Gasteiger partial charge in [-0.15, -0.1) is 0 Å². The van der Waals surface area contributed by atoms with Crippen LogP contribution >= 0.6 is 11.6 Å². The molecule has 0 atom stereocenters. The van der Waals surface area contributed by atoms with Gasteiger partial charge in [-0.25, -0.2) is 4.98 Å². The van der Waals surface area contributed by atoms with E-state index in [0.29, 0.717) is 10.7 Å². The van der Waals surface area contributed by atoms with Crippen molar-refractivity contribution in [2.24, 2.45) is 0 Å². The van der Waals surface area contributed by atoms with Gasteiger partial charge in [-0.3, -0.25) is 9.78 Å². The van der Waals surface area contributed by atoms with Gasteiger partial charge in [0.1, 0.15) is 5.69 Å². The molecule has 0 aliphatic heterocycles. The van der Waals surface area contributed by atoms with Crippen LogP contribution < -0.4 is 5.32 Å². The van der Waals surface area contributed by atoms with Crippen LogP contribution in [0.15, 0.2) is 48.8 Å². The van der Waals surface area contributed by atoms with Crippen molar-refractivity contribution in [3.05, 3.63) is 59.5 Å². The number of aromatic nitrogens is 2. The van der Waals surface area contributed by atoms with Crippen molar-refractivity contribution >= 4 is 28.4 Å². The summed E-state index contributed by atoms with van der Waals surface area (Å²) in [5.74, 6) is -0.220. The highest BCUT2D eigenvalue weighted by Crippen LogP contribution is 2.30. The van der Waals surface area contributed by atoms with Crippen molar-refractivity contribution in [3.8, 4) is 11.1 Å². The molecule has 0 saturated carbocycles. The summed E-state index contributed by atoms with van der Waals surface area (Å²) in [4.78, 5) is 20.3. The molecular formula is C16H12ClN3O. The van der Waals surface area contributed by atoms with E-state index in [0.717, 1.165) is 22.0 Å². The third-order valence-corrected chi connectivity index (χ3v) is 3.46. The summed E-state index contributed by atoms with van der Waals surface area (Å²) >= 11 is 6.09. The van der Waals surface area contributed by atoms with Crippen molar-refractivity contribution in [1.29, 1.82) is 0 Å². The number of rotatable bonds is 2. The van der Waals surface area contributed by atoms with E-state index in [1.165, 1.54) is 0 Å². The second-order valence-corrected chi connectivity index (χ2v) is 4.97. The first-order valence-electron chi connectivity index (χ1n) is 6.42. The van der Waals surface area contributed by atoms with Crippen molar-refractivity contribution in [2.45, 2.75) is 0 Å². The minimum atomic E-state index is -0.220. The number of benzene rings is 1. The van der Waals surface area contributed by atoms with E-state index in [1.807, 2.05) is 24.3 Å². The average molecular weight is 298 g/mol. The van der Waals surface area contributed by atoms with Crippen molar-refractivity contribution < 1.29 is 4.79 Å². The Kier molecular flexibility index (Phi) is 3.54. The van der Waals surface area contributed by atoms with Gasteiger partial charge < -0.3 is 5.32 Å². The molecule has 0 saturated heterocycles. The summed E-state index contributed by atoms with van der Waals surface area (Å²) in [6, 6.07) is 11.0. The second kappa shape index (κ2) is 5.50. The zero-order chi connectivity index (χ0) is 14.8. The Morgan fingerprint density at radius 1 is 1.14 bits per heavy atom. The maximum atomic E-state index is 11.9. The number of halogens is 1. The molecule has 3 rings (SSSR count). The number of nitrogens with zero attached hydrogens (tertiary/aromatic N) is 2. The van der Waals surface area contributed by atoms with Gasteiger partial charge in [0.15, 0.2) is 0 Å². The number of carbonyl (C=O) groups excluding carboxylic acids is 1. The van der Waals surface area contributed by atoms with Gasteiger partial charge >= 0.3 is 0 Å². The molecule has 0 radical (unpaired) electrons. The number of pyridine rings is 2. The molecule has 3 aromatic rings. The van der Waals surface area contributed by atoms with E-state index in [1.54, 1.807) is 31.6 Å². The lowest BCUT2D eigenvalue weighted by Gasteiger charge is -2.09. The number of nitrogens with one attached hydrogen (secondary N) is 1. The Bertz CT molecular complexity index is 818. The quantitative estimate of drug-likeness (QED) is 0.789. The topological polar surface area (TPSA) is 54.9 Å². The van der Waals surface area contributed by atoms with E-state index in [2.05, 4.69) is 15.3 Å². The van der Waals surface area contributed by atoms with Crippen molar-refractivity contribution in [1.82, 2.24) is 15.3 Å². The molecule has 1 amide bonds. The minimum absolute atomic E-state index is 0.220. The zero-order valence-corrected chi connectivity index (χ0v) is 12.1. The molecule has 2 aromatic heterocycles. The first kappa shape index (κ1) is 13.5. The fourth-order valence-corrected chi connectivity index (χ4v) is 2.38. The van der Waals surface area contributed by atoms with Gasteiger partial charge in [-0.05, 0) is 47.5 Å². The summed E-state index contributed by atoms with van der Waals surface area (Å²) < 4.78 is 0. The Morgan fingerprint density at radius 2 is 1.90 bits per heavy atom. The standard InChI is InChI=1S/C16H12ClN3O/c1-18-16(21)15-9-12(10-4-6-19-7-5-10)13-8-11(17)2-3-14(13)20-15/h2-9H,1H3,(H,18,21). The molecule has 0 unspecified atom stereocenters. The van der Waals surface area contributed by atoms with Crippen LogP contribution in [-0.2, 0) is 0 Å². The summed E-state index contributed by atoms with van der Waals surface area (Å²) in [5.41, 5.74) is 2.97. The number of amides is 1. The highest BCUT2D eigenvalue weighted by molar-refractivity contribution is 6.31. The van der Waals surface area contributed by atoms with Gasteiger partial charge in [0.2, 0.25) is 0 Å². The first-order valence-corrected chi connectivity index (χ1v) is 6.79. The third kappa shape index (κ3) is 2.58. The monoisotopic (exact) mass is 297 g/mol. The summed E-state index contributed by atoms with van der Waals surface area (Å²) in [7, 11) is 1.59. The molecule has 0 aliphatic rings. The fourth-order valence-electron chi connectivity index (χ4n) is 2.21. The lowest BCUT2D eigenvalue weighted by Crippen LogP contribution is -2.19. The third-order valence-electron chi connectivity index (χ3n) is 3.22. The zero-order valence-electron chi connectivity index (χ0n) is 11.3. The summed E-state index contributed by atoms with van der Waals surface area (Å²) in [6.45, 7) is 0. The molecule has 2 heterocycles. The van der Waals surface area contributed by atoms with Crippen LogP contribution in [0.25, 0.3) is 22.0 Å². The van der Waals surface area contributed by atoms with Crippen LogP contribution in [-0.4, -0.2) is 22.9 Å². The molecule has 1 N–H and O–H groups in total. The second-order valence-electron chi connectivity index (χ2n) is 4.53. The molecule has 0 fully saturated rings.